The molecule has 0 aliphatic carbocycles. The van der Waals surface area contributed by atoms with E-state index in [1.54, 1.807) is 12.1 Å². The van der Waals surface area contributed by atoms with Gasteiger partial charge in [-0.05, 0) is 49.2 Å². The molecule has 0 saturated carbocycles. The van der Waals surface area contributed by atoms with Crippen molar-refractivity contribution in [3.05, 3.63) is 59.7 Å². The summed E-state index contributed by atoms with van der Waals surface area (Å²) in [6.45, 7) is 2.51. The van der Waals surface area contributed by atoms with Gasteiger partial charge in [0.25, 0.3) is 0 Å². The number of amides is 1. The van der Waals surface area contributed by atoms with Crippen LogP contribution >= 0.6 is 0 Å². The van der Waals surface area contributed by atoms with Crippen molar-refractivity contribution in [2.24, 2.45) is 0 Å². The van der Waals surface area contributed by atoms with E-state index in [4.69, 9.17) is 14.2 Å². The zero-order valence-electron chi connectivity index (χ0n) is 17.7. The van der Waals surface area contributed by atoms with Gasteiger partial charge in [-0.1, -0.05) is 24.3 Å². The Bertz CT molecular complexity index is 914. The van der Waals surface area contributed by atoms with Crippen molar-refractivity contribution >= 4 is 11.9 Å². The predicted octanol–water partition coefficient (Wildman–Crippen LogP) is 2.78. The third-order valence-electron chi connectivity index (χ3n) is 5.78. The van der Waals surface area contributed by atoms with E-state index in [2.05, 4.69) is 5.32 Å². The van der Waals surface area contributed by atoms with E-state index in [0.29, 0.717) is 31.7 Å². The fourth-order valence-corrected chi connectivity index (χ4v) is 4.09. The lowest BCUT2D eigenvalue weighted by Crippen LogP contribution is -2.45. The number of benzene rings is 2. The first-order valence-electron chi connectivity index (χ1n) is 10.7. The van der Waals surface area contributed by atoms with Gasteiger partial charge in [0.15, 0.2) is 17.6 Å². The van der Waals surface area contributed by atoms with E-state index >= 15 is 0 Å². The molecule has 0 radical (unpaired) electrons. The molecule has 2 aliphatic rings. The molecule has 2 atom stereocenters. The molecule has 2 aromatic carbocycles. The van der Waals surface area contributed by atoms with Crippen molar-refractivity contribution in [2.45, 2.75) is 38.0 Å². The zero-order valence-corrected chi connectivity index (χ0v) is 17.7. The molecule has 164 valence electrons. The Morgan fingerprint density at radius 3 is 2.71 bits per heavy atom. The first-order chi connectivity index (χ1) is 15.1. The first-order valence-corrected chi connectivity index (χ1v) is 10.7. The summed E-state index contributed by atoms with van der Waals surface area (Å²) < 4.78 is 16.6. The molecule has 2 unspecified atom stereocenters. The molecule has 1 N–H and O–H groups in total. The molecule has 7 nitrogen and oxygen atoms in total. The SMILES string of the molecule is COC(=O)c1ccc(CNCCC2CCC(=O)N2CC2COc3ccccc3O2)cc1. The minimum Gasteiger partial charge on any atom is -0.486 e. The molecule has 1 fully saturated rings. The molecule has 0 bridgehead atoms. The van der Waals surface area contributed by atoms with Gasteiger partial charge < -0.3 is 24.4 Å². The Hall–Kier alpha value is -3.06. The molecular weight excluding hydrogens is 396 g/mol. The Morgan fingerprint density at radius 2 is 1.94 bits per heavy atom. The van der Waals surface area contributed by atoms with Crippen LogP contribution in [0.3, 0.4) is 0 Å². The summed E-state index contributed by atoms with van der Waals surface area (Å²) in [6.07, 6.45) is 2.19. The van der Waals surface area contributed by atoms with E-state index in [9.17, 15) is 9.59 Å². The van der Waals surface area contributed by atoms with Gasteiger partial charge in [-0.25, -0.2) is 4.79 Å². The number of likely N-dealkylation sites (tertiary alicyclic amines) is 1. The summed E-state index contributed by atoms with van der Waals surface area (Å²) >= 11 is 0. The standard InChI is InChI=1S/C24H28N2O5/c1-29-24(28)18-8-6-17(7-9-18)14-25-13-12-19-10-11-23(27)26(19)15-20-16-30-21-4-2-3-5-22(21)31-20/h2-9,19-20,25H,10-16H2,1H3. The minimum atomic E-state index is -0.332. The number of hydrogen-bond acceptors (Lipinski definition) is 6. The van der Waals surface area contributed by atoms with E-state index in [-0.39, 0.29) is 24.0 Å². The molecule has 7 heteroatoms. The van der Waals surface area contributed by atoms with Crippen LogP contribution in [0.2, 0.25) is 0 Å². The quantitative estimate of drug-likeness (QED) is 0.519. The highest BCUT2D eigenvalue weighted by Crippen LogP contribution is 2.32. The minimum absolute atomic E-state index is 0.152. The van der Waals surface area contributed by atoms with Crippen LogP contribution in [0.5, 0.6) is 11.5 Å². The van der Waals surface area contributed by atoms with Crippen LogP contribution in [0.25, 0.3) is 0 Å². The average molecular weight is 424 g/mol. The smallest absolute Gasteiger partial charge is 0.337 e. The molecular formula is C24H28N2O5. The molecule has 0 spiro atoms. The van der Waals surface area contributed by atoms with Crippen LogP contribution in [-0.4, -0.2) is 55.7 Å². The molecule has 1 saturated heterocycles. The molecule has 2 aromatic rings. The Kier molecular flexibility index (Phi) is 6.72. The average Bonchev–Trinajstić information content (AvgIpc) is 3.15. The van der Waals surface area contributed by atoms with E-state index in [0.717, 1.165) is 36.4 Å². The highest BCUT2D eigenvalue weighted by atomic mass is 16.6. The Morgan fingerprint density at radius 1 is 1.16 bits per heavy atom. The highest BCUT2D eigenvalue weighted by molar-refractivity contribution is 5.89. The molecule has 4 rings (SSSR count). The number of ether oxygens (including phenoxy) is 3. The maximum Gasteiger partial charge on any atom is 0.337 e. The van der Waals surface area contributed by atoms with Gasteiger partial charge in [-0.2, -0.15) is 0 Å². The molecule has 0 aromatic heterocycles. The third-order valence-corrected chi connectivity index (χ3v) is 5.78. The second kappa shape index (κ2) is 9.83. The van der Waals surface area contributed by atoms with Gasteiger partial charge in [0, 0.05) is 19.0 Å². The number of rotatable bonds is 8. The molecule has 1 amide bonds. The maximum absolute atomic E-state index is 12.4. The number of fused-ring (bicyclic) bond motifs is 1. The molecule has 2 heterocycles. The number of nitrogens with one attached hydrogen (secondary N) is 1. The van der Waals surface area contributed by atoms with Crippen molar-refractivity contribution in [1.82, 2.24) is 10.2 Å². The van der Waals surface area contributed by atoms with Crippen molar-refractivity contribution in [1.29, 1.82) is 0 Å². The lowest BCUT2D eigenvalue weighted by Gasteiger charge is -2.32. The predicted molar refractivity (Wildman–Crippen MR) is 115 cm³/mol. The van der Waals surface area contributed by atoms with Gasteiger partial charge in [0.1, 0.15) is 6.61 Å². The second-order valence-corrected chi connectivity index (χ2v) is 7.89. The number of hydrogen-bond donors (Lipinski definition) is 1. The van der Waals surface area contributed by atoms with Crippen molar-refractivity contribution < 1.29 is 23.8 Å². The van der Waals surface area contributed by atoms with Gasteiger partial charge in [-0.15, -0.1) is 0 Å². The Labute approximate surface area is 182 Å². The molecule has 2 aliphatic heterocycles. The maximum atomic E-state index is 12.4. The van der Waals surface area contributed by atoms with Gasteiger partial charge >= 0.3 is 5.97 Å². The number of esters is 1. The number of carbonyl (C=O) groups is 2. The lowest BCUT2D eigenvalue weighted by atomic mass is 10.1. The van der Waals surface area contributed by atoms with Crippen LogP contribution < -0.4 is 14.8 Å². The van der Waals surface area contributed by atoms with Crippen molar-refractivity contribution in [2.75, 3.05) is 26.8 Å². The van der Waals surface area contributed by atoms with Crippen LogP contribution in [0.1, 0.15) is 35.2 Å². The summed E-state index contributed by atoms with van der Waals surface area (Å²) in [5.74, 6) is 1.35. The van der Waals surface area contributed by atoms with E-state index < -0.39 is 0 Å². The summed E-state index contributed by atoms with van der Waals surface area (Å²) in [7, 11) is 1.38. The van der Waals surface area contributed by atoms with Gasteiger partial charge in [0.2, 0.25) is 5.91 Å². The lowest BCUT2D eigenvalue weighted by molar-refractivity contribution is -0.130. The van der Waals surface area contributed by atoms with E-state index in [1.165, 1.54) is 7.11 Å². The van der Waals surface area contributed by atoms with E-state index in [1.807, 2.05) is 41.3 Å². The second-order valence-electron chi connectivity index (χ2n) is 7.89. The monoisotopic (exact) mass is 424 g/mol. The largest absolute Gasteiger partial charge is 0.486 e. The normalized spacial score (nSPS) is 20.0. The van der Waals surface area contributed by atoms with Gasteiger partial charge in [-0.3, -0.25) is 4.79 Å². The summed E-state index contributed by atoms with van der Waals surface area (Å²) in [4.78, 5) is 25.9. The Balaban J connectivity index is 1.24. The van der Waals surface area contributed by atoms with Crippen molar-refractivity contribution in [3.63, 3.8) is 0 Å². The van der Waals surface area contributed by atoms with Gasteiger partial charge in [0.05, 0.1) is 19.2 Å². The fourth-order valence-electron chi connectivity index (χ4n) is 4.09. The zero-order chi connectivity index (χ0) is 21.6. The first kappa shape index (κ1) is 21.2. The van der Waals surface area contributed by atoms with Crippen LogP contribution in [0, 0.1) is 0 Å². The highest BCUT2D eigenvalue weighted by Gasteiger charge is 2.34. The summed E-state index contributed by atoms with van der Waals surface area (Å²) in [5, 5.41) is 3.43. The van der Waals surface area contributed by atoms with Crippen LogP contribution in [0.15, 0.2) is 48.5 Å². The topological polar surface area (TPSA) is 77.1 Å². The number of methoxy groups -OCH3 is 1. The number of nitrogens with zero attached hydrogens (tertiary/aromatic N) is 1. The number of carbonyl (C=O) groups excluding carboxylic acids is 2. The van der Waals surface area contributed by atoms with Crippen LogP contribution in [0.4, 0.5) is 0 Å². The third kappa shape index (κ3) is 5.17. The van der Waals surface area contributed by atoms with Crippen LogP contribution in [-0.2, 0) is 16.1 Å². The fraction of sp³-hybridized carbons (Fsp3) is 0.417. The summed E-state index contributed by atoms with van der Waals surface area (Å²) in [6, 6.07) is 15.2. The molecule has 31 heavy (non-hydrogen) atoms. The van der Waals surface area contributed by atoms with Crippen molar-refractivity contribution in [3.8, 4) is 11.5 Å². The number of para-hydroxylation sites is 2. The summed E-state index contributed by atoms with van der Waals surface area (Å²) in [5.41, 5.74) is 1.64.